The van der Waals surface area contributed by atoms with Crippen LogP contribution in [0.15, 0.2) is 103 Å². The van der Waals surface area contributed by atoms with Crippen molar-refractivity contribution in [2.75, 3.05) is 0 Å². The fraction of sp³-hybridized carbons (Fsp3) is 0.353. The summed E-state index contributed by atoms with van der Waals surface area (Å²) in [7, 11) is 0. The largest absolute Gasteiger partial charge is 0.367 e. The second kappa shape index (κ2) is 13.7. The van der Waals surface area contributed by atoms with E-state index in [-0.39, 0.29) is 0 Å². The predicted octanol–water partition coefficient (Wildman–Crippen LogP) is 9.41. The third-order valence-electron chi connectivity index (χ3n) is 7.61. The predicted molar refractivity (Wildman–Crippen MR) is 153 cm³/mol. The Kier molecular flexibility index (Phi) is 9.83. The van der Waals surface area contributed by atoms with Gasteiger partial charge in [-0.2, -0.15) is 0 Å². The summed E-state index contributed by atoms with van der Waals surface area (Å²) in [5.74, 6) is 2.08. The summed E-state index contributed by atoms with van der Waals surface area (Å²) in [5.41, 5.74) is 6.40. The van der Waals surface area contributed by atoms with E-state index in [4.69, 9.17) is 0 Å². The second-order valence-electron chi connectivity index (χ2n) is 9.99. The molecule has 0 radical (unpaired) electrons. The maximum Gasteiger partial charge on any atom is 0.00836 e. The van der Waals surface area contributed by atoms with Crippen molar-refractivity contribution in [3.8, 4) is 11.1 Å². The molecule has 182 valence electrons. The lowest BCUT2D eigenvalue weighted by Crippen LogP contribution is -2.24. The van der Waals surface area contributed by atoms with Crippen molar-refractivity contribution in [2.24, 2.45) is 11.8 Å². The van der Waals surface area contributed by atoms with Crippen LogP contribution in [-0.2, 0) is 6.42 Å². The molecule has 1 aliphatic heterocycles. The standard InChI is InChI=1S/C34H41N/c1-2-29-22-23-30(29)17-10-7-6-9-15-28-16-13-19-31(25-28)32-20-14-21-33(26-32)34-18-11-5-3-4-8-12-24-35-27-34/h3-5,8,11-14,16,18-21,24-27,29-30,35H,2,6-7,9-10,15,17,22-23H2,1H3/b5-3-,8-4+,18-11-,24-12-,34-27+/t29-,30?/m0/s1. The molecule has 2 atom stereocenters. The highest BCUT2D eigenvalue weighted by Crippen LogP contribution is 2.39. The maximum atomic E-state index is 3.28. The molecule has 4 rings (SSSR count). The fourth-order valence-electron chi connectivity index (χ4n) is 5.32. The van der Waals surface area contributed by atoms with Gasteiger partial charge in [0, 0.05) is 12.4 Å². The van der Waals surface area contributed by atoms with E-state index < -0.39 is 0 Å². The van der Waals surface area contributed by atoms with Crippen LogP contribution in [0.2, 0.25) is 0 Å². The van der Waals surface area contributed by atoms with Gasteiger partial charge in [0.1, 0.15) is 0 Å². The second-order valence-corrected chi connectivity index (χ2v) is 9.99. The zero-order chi connectivity index (χ0) is 24.1. The first-order valence-corrected chi connectivity index (χ1v) is 13.7. The van der Waals surface area contributed by atoms with Crippen LogP contribution in [0.5, 0.6) is 0 Å². The van der Waals surface area contributed by atoms with Gasteiger partial charge in [-0.05, 0) is 77.5 Å². The molecule has 1 aliphatic carbocycles. The minimum atomic E-state index is 1.04. The quantitative estimate of drug-likeness (QED) is 0.346. The molecule has 1 fully saturated rings. The third kappa shape index (κ3) is 7.72. The molecule has 0 amide bonds. The van der Waals surface area contributed by atoms with Gasteiger partial charge >= 0.3 is 0 Å². The average molecular weight is 464 g/mol. The van der Waals surface area contributed by atoms with E-state index in [1.807, 2.05) is 30.5 Å². The Morgan fingerprint density at radius 1 is 0.714 bits per heavy atom. The Morgan fingerprint density at radius 3 is 2.26 bits per heavy atom. The van der Waals surface area contributed by atoms with Gasteiger partial charge < -0.3 is 5.32 Å². The van der Waals surface area contributed by atoms with Gasteiger partial charge in [-0.1, -0.05) is 118 Å². The Morgan fingerprint density at radius 2 is 1.43 bits per heavy atom. The monoisotopic (exact) mass is 463 g/mol. The van der Waals surface area contributed by atoms with Crippen LogP contribution in [0.3, 0.4) is 0 Å². The highest BCUT2D eigenvalue weighted by atomic mass is 14.8. The summed E-state index contributed by atoms with van der Waals surface area (Å²) in [5, 5.41) is 3.28. The van der Waals surface area contributed by atoms with Crippen LogP contribution in [-0.4, -0.2) is 0 Å². The molecule has 0 saturated heterocycles. The third-order valence-corrected chi connectivity index (χ3v) is 7.61. The number of benzene rings is 2. The number of hydrogen-bond acceptors (Lipinski definition) is 1. The molecule has 0 aromatic heterocycles. The zero-order valence-corrected chi connectivity index (χ0v) is 21.3. The molecule has 1 N–H and O–H groups in total. The van der Waals surface area contributed by atoms with Gasteiger partial charge in [0.25, 0.3) is 0 Å². The molecule has 2 aliphatic rings. The van der Waals surface area contributed by atoms with Gasteiger partial charge in [-0.15, -0.1) is 0 Å². The van der Waals surface area contributed by atoms with Gasteiger partial charge in [-0.25, -0.2) is 0 Å². The Labute approximate surface area is 213 Å². The van der Waals surface area contributed by atoms with E-state index in [1.54, 1.807) is 0 Å². The highest BCUT2D eigenvalue weighted by Gasteiger charge is 2.27. The summed E-state index contributed by atoms with van der Waals surface area (Å²) < 4.78 is 0. The van der Waals surface area contributed by atoms with Crippen LogP contribution in [0.25, 0.3) is 16.7 Å². The van der Waals surface area contributed by atoms with Crippen molar-refractivity contribution >= 4 is 5.57 Å². The summed E-state index contributed by atoms with van der Waals surface area (Å²) in [6.07, 6.45) is 30.9. The molecule has 1 nitrogen and oxygen atoms in total. The number of allylic oxidation sites excluding steroid dienone is 8. The van der Waals surface area contributed by atoms with Crippen LogP contribution in [0.1, 0.15) is 69.4 Å². The lowest BCUT2D eigenvalue weighted by molar-refractivity contribution is 0.154. The molecular weight excluding hydrogens is 422 g/mol. The number of hydrogen-bond donors (Lipinski definition) is 1. The number of nitrogens with one attached hydrogen (secondary N) is 1. The van der Waals surface area contributed by atoms with Crippen LogP contribution in [0, 0.1) is 11.8 Å². The molecule has 2 aromatic rings. The summed E-state index contributed by atoms with van der Waals surface area (Å²) >= 11 is 0. The van der Waals surface area contributed by atoms with E-state index >= 15 is 0 Å². The summed E-state index contributed by atoms with van der Waals surface area (Å²) in [4.78, 5) is 0. The molecular formula is C34H41N. The lowest BCUT2D eigenvalue weighted by atomic mass is 9.70. The minimum Gasteiger partial charge on any atom is -0.367 e. The molecule has 0 spiro atoms. The molecule has 1 unspecified atom stereocenters. The number of unbranched alkanes of at least 4 members (excludes halogenated alkanes) is 3. The van der Waals surface area contributed by atoms with E-state index in [0.717, 1.165) is 17.4 Å². The average Bonchev–Trinajstić information content (AvgIpc) is 2.94. The van der Waals surface area contributed by atoms with Crippen molar-refractivity contribution < 1.29 is 0 Å². The summed E-state index contributed by atoms with van der Waals surface area (Å²) in [6.45, 7) is 2.36. The first-order chi connectivity index (χ1) is 17.3. The van der Waals surface area contributed by atoms with Crippen molar-refractivity contribution in [3.05, 3.63) is 115 Å². The van der Waals surface area contributed by atoms with Gasteiger partial charge in [0.15, 0.2) is 0 Å². The van der Waals surface area contributed by atoms with Gasteiger partial charge in [0.05, 0.1) is 0 Å². The van der Waals surface area contributed by atoms with Gasteiger partial charge in [-0.3, -0.25) is 0 Å². The molecule has 1 heteroatoms. The molecule has 2 aromatic carbocycles. The van der Waals surface area contributed by atoms with Gasteiger partial charge in [0.2, 0.25) is 0 Å². The van der Waals surface area contributed by atoms with Crippen LogP contribution < -0.4 is 5.32 Å². The normalized spacial score (nSPS) is 24.7. The topological polar surface area (TPSA) is 12.0 Å². The zero-order valence-electron chi connectivity index (χ0n) is 21.3. The maximum absolute atomic E-state index is 3.28. The Hall–Kier alpha value is -3.06. The van der Waals surface area contributed by atoms with Crippen molar-refractivity contribution in [1.82, 2.24) is 5.32 Å². The molecule has 0 bridgehead atoms. The number of aryl methyl sites for hydroxylation is 1. The lowest BCUT2D eigenvalue weighted by Gasteiger charge is -2.36. The van der Waals surface area contributed by atoms with E-state index in [9.17, 15) is 0 Å². The fourth-order valence-corrected chi connectivity index (χ4v) is 5.32. The number of rotatable bonds is 10. The van der Waals surface area contributed by atoms with Crippen LogP contribution in [0.4, 0.5) is 0 Å². The SMILES string of the molecule is CC[C@H]1CCC1CCCCCCc1cccc(-c2cccc(C3=C\N\C=C/C=C/C=C\C=C/3)c2)c1. The molecule has 35 heavy (non-hydrogen) atoms. The molecule has 1 heterocycles. The Balaban J connectivity index is 1.33. The van der Waals surface area contributed by atoms with Crippen molar-refractivity contribution in [3.63, 3.8) is 0 Å². The first-order valence-electron chi connectivity index (χ1n) is 13.7. The van der Waals surface area contributed by atoms with Crippen LogP contribution >= 0.6 is 0 Å². The van der Waals surface area contributed by atoms with E-state index in [2.05, 4.69) is 85.2 Å². The first kappa shape index (κ1) is 25.0. The van der Waals surface area contributed by atoms with Crippen molar-refractivity contribution in [1.29, 1.82) is 0 Å². The highest BCUT2D eigenvalue weighted by molar-refractivity contribution is 5.78. The van der Waals surface area contributed by atoms with Crippen molar-refractivity contribution in [2.45, 2.75) is 64.7 Å². The Bertz CT molecular complexity index is 1080. The van der Waals surface area contributed by atoms with E-state index in [0.29, 0.717) is 0 Å². The summed E-state index contributed by atoms with van der Waals surface area (Å²) in [6, 6.07) is 18.0. The smallest absolute Gasteiger partial charge is 0.00836 e. The van der Waals surface area contributed by atoms with E-state index in [1.165, 1.54) is 80.0 Å². The minimum absolute atomic E-state index is 1.04. The molecule has 1 saturated carbocycles.